The molecular weight excluding hydrogens is 368 g/mol. The van der Waals surface area contributed by atoms with Crippen LogP contribution in [-0.4, -0.2) is 38.3 Å². The van der Waals surface area contributed by atoms with E-state index in [1.807, 2.05) is 0 Å². The number of nitrogens with two attached hydrogens (primary N) is 1. The summed E-state index contributed by atoms with van der Waals surface area (Å²) in [6.07, 6.45) is 0. The minimum Gasteiger partial charge on any atom is -0.415 e. The second kappa shape index (κ2) is 7.22. The predicted octanol–water partition coefficient (Wildman–Crippen LogP) is 1.63. The van der Waals surface area contributed by atoms with Crippen molar-refractivity contribution in [2.45, 2.75) is 48.7 Å². The summed E-state index contributed by atoms with van der Waals surface area (Å²) in [5, 5.41) is 5.09. The van der Waals surface area contributed by atoms with Crippen molar-refractivity contribution in [2.24, 2.45) is 5.14 Å². The van der Waals surface area contributed by atoms with Gasteiger partial charge >= 0.3 is 0 Å². The van der Waals surface area contributed by atoms with Gasteiger partial charge in [0.2, 0.25) is 20.0 Å². The molecule has 0 unspecified atom stereocenters. The summed E-state index contributed by atoms with van der Waals surface area (Å²) in [5.41, 5.74) is 0. The number of nitrogens with one attached hydrogen (secondary N) is 1. The molecule has 0 aliphatic rings. The van der Waals surface area contributed by atoms with Crippen molar-refractivity contribution >= 4 is 28.4 Å². The molecule has 1 aromatic carbocycles. The Morgan fingerprint density at radius 2 is 1.58 bits per heavy atom. The molecular formula is C14H26N2O5S2Si. The SMILES string of the molecule is CC(C)(C)[Si](C)(C)OCCNS(=O)(=O)c1ccccc1S(N)(=O)=O. The second-order valence-corrected chi connectivity index (χ2v) is 15.1. The molecule has 0 aliphatic carbocycles. The highest BCUT2D eigenvalue weighted by molar-refractivity contribution is 7.92. The van der Waals surface area contributed by atoms with Gasteiger partial charge in [-0.3, -0.25) is 0 Å². The highest BCUT2D eigenvalue weighted by Crippen LogP contribution is 2.36. The van der Waals surface area contributed by atoms with Gasteiger partial charge in [-0.15, -0.1) is 0 Å². The van der Waals surface area contributed by atoms with E-state index < -0.39 is 33.3 Å². The van der Waals surface area contributed by atoms with Crippen LogP contribution in [-0.2, 0) is 24.5 Å². The van der Waals surface area contributed by atoms with E-state index in [9.17, 15) is 16.8 Å². The van der Waals surface area contributed by atoms with Gasteiger partial charge in [-0.25, -0.2) is 26.7 Å². The smallest absolute Gasteiger partial charge is 0.241 e. The first kappa shape index (κ1) is 21.3. The molecule has 3 N–H and O–H groups in total. The van der Waals surface area contributed by atoms with Crippen LogP contribution >= 0.6 is 0 Å². The lowest BCUT2D eigenvalue weighted by atomic mass is 10.2. The molecule has 0 radical (unpaired) electrons. The summed E-state index contributed by atoms with van der Waals surface area (Å²) in [7, 11) is -10.1. The topological polar surface area (TPSA) is 116 Å². The highest BCUT2D eigenvalue weighted by atomic mass is 32.2. The molecule has 7 nitrogen and oxygen atoms in total. The summed E-state index contributed by atoms with van der Waals surface area (Å²) in [6, 6.07) is 5.22. The monoisotopic (exact) mass is 394 g/mol. The van der Waals surface area contributed by atoms with Crippen molar-refractivity contribution in [3.8, 4) is 0 Å². The molecule has 1 rings (SSSR count). The fourth-order valence-corrected chi connectivity index (χ4v) is 5.12. The van der Waals surface area contributed by atoms with Crippen LogP contribution in [0.25, 0.3) is 0 Å². The third kappa shape index (κ3) is 5.36. The van der Waals surface area contributed by atoms with Crippen molar-refractivity contribution in [1.29, 1.82) is 0 Å². The largest absolute Gasteiger partial charge is 0.415 e. The quantitative estimate of drug-likeness (QED) is 0.539. The third-order valence-electron chi connectivity index (χ3n) is 4.11. The number of hydrogen-bond donors (Lipinski definition) is 2. The predicted molar refractivity (Wildman–Crippen MR) is 96.2 cm³/mol. The van der Waals surface area contributed by atoms with E-state index in [4.69, 9.17) is 9.56 Å². The van der Waals surface area contributed by atoms with Crippen LogP contribution in [0, 0.1) is 0 Å². The molecule has 0 spiro atoms. The third-order valence-corrected chi connectivity index (χ3v) is 11.3. The van der Waals surface area contributed by atoms with Crippen LogP contribution in [0.15, 0.2) is 34.1 Å². The molecule has 0 aromatic heterocycles. The zero-order valence-electron chi connectivity index (χ0n) is 14.7. The maximum absolute atomic E-state index is 12.3. The molecule has 1 aromatic rings. The number of hydrogen-bond acceptors (Lipinski definition) is 5. The van der Waals surface area contributed by atoms with Gasteiger partial charge in [0, 0.05) is 13.2 Å². The molecule has 0 atom stereocenters. The summed E-state index contributed by atoms with van der Waals surface area (Å²) in [5.74, 6) is 0. The average molecular weight is 395 g/mol. The average Bonchev–Trinajstić information content (AvgIpc) is 2.41. The zero-order valence-corrected chi connectivity index (χ0v) is 17.3. The number of sulfonamides is 2. The van der Waals surface area contributed by atoms with E-state index in [0.29, 0.717) is 0 Å². The summed E-state index contributed by atoms with van der Waals surface area (Å²) in [4.78, 5) is -0.789. The molecule has 0 aliphatic heterocycles. The van der Waals surface area contributed by atoms with Gasteiger partial charge in [-0.05, 0) is 30.3 Å². The van der Waals surface area contributed by atoms with E-state index in [0.717, 1.165) is 6.07 Å². The van der Waals surface area contributed by atoms with Gasteiger partial charge < -0.3 is 4.43 Å². The molecule has 10 heteroatoms. The number of benzene rings is 1. The Morgan fingerprint density at radius 3 is 2.04 bits per heavy atom. The van der Waals surface area contributed by atoms with Gasteiger partial charge in [0.1, 0.15) is 9.79 Å². The van der Waals surface area contributed by atoms with Crippen molar-refractivity contribution in [2.75, 3.05) is 13.2 Å². The normalized spacial score (nSPS) is 13.9. The lowest BCUT2D eigenvalue weighted by Gasteiger charge is -2.36. The lowest BCUT2D eigenvalue weighted by Crippen LogP contribution is -2.42. The maximum atomic E-state index is 12.3. The van der Waals surface area contributed by atoms with Crippen LogP contribution in [0.2, 0.25) is 18.1 Å². The molecule has 138 valence electrons. The van der Waals surface area contributed by atoms with Crippen molar-refractivity contribution in [3.63, 3.8) is 0 Å². The number of rotatable bonds is 7. The molecule has 0 fully saturated rings. The second-order valence-electron chi connectivity index (χ2n) is 7.00. The van der Waals surface area contributed by atoms with Gasteiger partial charge in [0.25, 0.3) is 0 Å². The van der Waals surface area contributed by atoms with E-state index in [-0.39, 0.29) is 23.1 Å². The van der Waals surface area contributed by atoms with E-state index in [1.165, 1.54) is 18.2 Å². The van der Waals surface area contributed by atoms with E-state index >= 15 is 0 Å². The zero-order chi connectivity index (χ0) is 18.8. The van der Waals surface area contributed by atoms with Gasteiger partial charge in [0.05, 0.1) is 0 Å². The number of primary sulfonamides is 1. The first-order valence-electron chi connectivity index (χ1n) is 7.44. The Labute approximate surface area is 145 Å². The van der Waals surface area contributed by atoms with Crippen LogP contribution in [0.3, 0.4) is 0 Å². The van der Waals surface area contributed by atoms with Gasteiger partial charge in [-0.1, -0.05) is 32.9 Å². The Morgan fingerprint density at radius 1 is 1.08 bits per heavy atom. The minimum atomic E-state index is -4.13. The van der Waals surface area contributed by atoms with E-state index in [2.05, 4.69) is 38.6 Å². The van der Waals surface area contributed by atoms with Crippen LogP contribution in [0.1, 0.15) is 20.8 Å². The van der Waals surface area contributed by atoms with Crippen LogP contribution in [0.4, 0.5) is 0 Å². The molecule has 0 saturated carbocycles. The lowest BCUT2D eigenvalue weighted by molar-refractivity contribution is 0.293. The van der Waals surface area contributed by atoms with Crippen LogP contribution in [0.5, 0.6) is 0 Å². The fourth-order valence-electron chi connectivity index (χ4n) is 1.68. The van der Waals surface area contributed by atoms with E-state index in [1.54, 1.807) is 0 Å². The standard InChI is InChI=1S/C14H26N2O5S2Si/c1-14(2,3)24(4,5)21-11-10-16-23(19,20)13-9-7-6-8-12(13)22(15,17)18/h6-9,16H,10-11H2,1-5H3,(H2,15,17,18). The van der Waals surface area contributed by atoms with Crippen molar-refractivity contribution < 1.29 is 21.3 Å². The maximum Gasteiger partial charge on any atom is 0.241 e. The summed E-state index contributed by atoms with van der Waals surface area (Å²) < 4.78 is 56.0. The van der Waals surface area contributed by atoms with Gasteiger partial charge in [0.15, 0.2) is 8.32 Å². The highest BCUT2D eigenvalue weighted by Gasteiger charge is 2.37. The Kier molecular flexibility index (Phi) is 6.40. The molecule has 0 heterocycles. The fraction of sp³-hybridized carbons (Fsp3) is 0.571. The molecule has 0 bridgehead atoms. The molecule has 24 heavy (non-hydrogen) atoms. The van der Waals surface area contributed by atoms with Crippen molar-refractivity contribution in [1.82, 2.24) is 4.72 Å². The minimum absolute atomic E-state index is 0.0199. The first-order chi connectivity index (χ1) is 10.7. The summed E-state index contributed by atoms with van der Waals surface area (Å²) >= 11 is 0. The van der Waals surface area contributed by atoms with Crippen molar-refractivity contribution in [3.05, 3.63) is 24.3 Å². The van der Waals surface area contributed by atoms with Crippen LogP contribution < -0.4 is 9.86 Å². The Hall–Kier alpha value is -0.783. The molecule has 0 amide bonds. The Bertz CT molecular complexity index is 784. The Balaban J connectivity index is 2.84. The first-order valence-corrected chi connectivity index (χ1v) is 13.4. The summed E-state index contributed by atoms with van der Waals surface area (Å²) in [6.45, 7) is 10.7. The van der Waals surface area contributed by atoms with Gasteiger partial charge in [-0.2, -0.15) is 0 Å². The molecule has 0 saturated heterocycles.